The van der Waals surface area contributed by atoms with Crippen molar-refractivity contribution in [2.45, 2.75) is 25.3 Å². The molecular weight excluding hydrogens is 486 g/mol. The fourth-order valence-electron chi connectivity index (χ4n) is 4.60. The fraction of sp³-hybridized carbons (Fsp3) is 0.375. The molecule has 2 aliphatic rings. The number of anilines is 2. The highest BCUT2D eigenvalue weighted by Crippen LogP contribution is 2.39. The molecule has 9 heteroatoms. The number of carbonyl (C=O) groups excluding carboxylic acids is 3. The highest BCUT2D eigenvalue weighted by Gasteiger charge is 2.54. The molecule has 4 amide bonds. The molecular formula is C24H28BrN5O3. The van der Waals surface area contributed by atoms with Crippen molar-refractivity contribution in [1.82, 2.24) is 15.1 Å². The van der Waals surface area contributed by atoms with Crippen LogP contribution < -0.4 is 15.5 Å². The van der Waals surface area contributed by atoms with Crippen LogP contribution in [0.4, 0.5) is 16.2 Å². The highest BCUT2D eigenvalue weighted by molar-refractivity contribution is 9.10. The van der Waals surface area contributed by atoms with Crippen LogP contribution in [0, 0.1) is 0 Å². The first kappa shape index (κ1) is 23.1. The van der Waals surface area contributed by atoms with Crippen molar-refractivity contribution >= 4 is 45.2 Å². The van der Waals surface area contributed by atoms with Crippen LogP contribution in [0.1, 0.15) is 19.8 Å². The second-order valence-electron chi connectivity index (χ2n) is 8.32. The van der Waals surface area contributed by atoms with Gasteiger partial charge in [0.25, 0.3) is 5.91 Å². The number of halogens is 1. The van der Waals surface area contributed by atoms with Gasteiger partial charge >= 0.3 is 6.03 Å². The number of rotatable bonds is 5. The number of urea groups is 1. The minimum atomic E-state index is -0.763. The zero-order chi connectivity index (χ0) is 23.4. The number of likely N-dealkylation sites (N-methyl/N-ethyl adjacent to an activating group) is 1. The van der Waals surface area contributed by atoms with Crippen molar-refractivity contribution in [3.8, 4) is 0 Å². The van der Waals surface area contributed by atoms with E-state index in [0.29, 0.717) is 44.8 Å². The van der Waals surface area contributed by atoms with Crippen molar-refractivity contribution in [2.75, 3.05) is 43.1 Å². The average molecular weight is 514 g/mol. The lowest BCUT2D eigenvalue weighted by Gasteiger charge is -2.43. The Hall–Kier alpha value is -3.07. The molecule has 0 saturated carbocycles. The van der Waals surface area contributed by atoms with Crippen molar-refractivity contribution in [3.05, 3.63) is 59.1 Å². The molecule has 0 atom stereocenters. The van der Waals surface area contributed by atoms with Crippen LogP contribution in [0.15, 0.2) is 59.1 Å². The Morgan fingerprint density at radius 1 is 1.06 bits per heavy atom. The molecule has 2 aromatic carbocycles. The smallest absolute Gasteiger partial charge is 0.321 e. The number of para-hydroxylation sites is 1. The maximum absolute atomic E-state index is 13.6. The molecule has 0 aromatic heterocycles. The van der Waals surface area contributed by atoms with Gasteiger partial charge in [0.1, 0.15) is 12.1 Å². The van der Waals surface area contributed by atoms with E-state index in [1.165, 1.54) is 0 Å². The third kappa shape index (κ3) is 4.83. The van der Waals surface area contributed by atoms with Crippen LogP contribution in [0.25, 0.3) is 0 Å². The van der Waals surface area contributed by atoms with E-state index in [4.69, 9.17) is 0 Å². The van der Waals surface area contributed by atoms with Crippen LogP contribution in [0.3, 0.4) is 0 Å². The van der Waals surface area contributed by atoms with Gasteiger partial charge in [0.05, 0.1) is 6.67 Å². The van der Waals surface area contributed by atoms with Crippen molar-refractivity contribution in [3.63, 3.8) is 0 Å². The predicted molar refractivity (Wildman–Crippen MR) is 131 cm³/mol. The second-order valence-corrected chi connectivity index (χ2v) is 9.24. The largest absolute Gasteiger partial charge is 0.355 e. The molecule has 2 heterocycles. The molecule has 0 radical (unpaired) electrons. The van der Waals surface area contributed by atoms with E-state index in [1.807, 2.05) is 61.5 Å². The summed E-state index contributed by atoms with van der Waals surface area (Å²) >= 11 is 3.42. The first-order valence-electron chi connectivity index (χ1n) is 11.1. The number of likely N-dealkylation sites (tertiary alicyclic amines) is 1. The summed E-state index contributed by atoms with van der Waals surface area (Å²) in [6.07, 6.45) is 0.997. The first-order chi connectivity index (χ1) is 15.9. The Morgan fingerprint density at radius 3 is 2.45 bits per heavy atom. The average Bonchev–Trinajstić information content (AvgIpc) is 3.06. The van der Waals surface area contributed by atoms with E-state index >= 15 is 0 Å². The number of piperidine rings is 1. The van der Waals surface area contributed by atoms with Crippen molar-refractivity contribution in [2.24, 2.45) is 0 Å². The lowest BCUT2D eigenvalue weighted by Crippen LogP contribution is -2.58. The van der Waals surface area contributed by atoms with E-state index < -0.39 is 5.54 Å². The summed E-state index contributed by atoms with van der Waals surface area (Å²) in [6, 6.07) is 17.1. The normalized spacial score (nSPS) is 17.4. The monoisotopic (exact) mass is 513 g/mol. The minimum Gasteiger partial charge on any atom is -0.355 e. The summed E-state index contributed by atoms with van der Waals surface area (Å²) in [5, 5.41) is 5.70. The summed E-state index contributed by atoms with van der Waals surface area (Å²) < 4.78 is 0.889. The van der Waals surface area contributed by atoms with E-state index in [-0.39, 0.29) is 24.4 Å². The Bertz CT molecular complexity index is 1020. The molecule has 4 rings (SSSR count). The molecule has 2 N–H and O–H groups in total. The molecule has 0 aliphatic carbocycles. The standard InChI is InChI=1S/C24H28BrN5O3/c1-2-26-21(31)16-29-17-30(20-9-4-3-5-10-20)24(22(29)32)11-13-28(14-12-24)23(33)27-19-8-6-7-18(25)15-19/h3-10,15H,2,11-14,16-17H2,1H3,(H,26,31)(H,27,33). The molecule has 8 nitrogen and oxygen atoms in total. The third-order valence-corrected chi connectivity index (χ3v) is 6.74. The SMILES string of the molecule is CCNC(=O)CN1CN(c2ccccc2)C2(CCN(C(=O)Nc3cccc(Br)c3)CC2)C1=O. The van der Waals surface area contributed by atoms with Gasteiger partial charge in [-0.05, 0) is 50.1 Å². The van der Waals surface area contributed by atoms with Crippen LogP contribution in [0.2, 0.25) is 0 Å². The van der Waals surface area contributed by atoms with Crippen LogP contribution in [-0.2, 0) is 9.59 Å². The number of carbonyl (C=O) groups is 3. The van der Waals surface area contributed by atoms with E-state index in [0.717, 1.165) is 10.2 Å². The molecule has 0 unspecified atom stereocenters. The van der Waals surface area contributed by atoms with Gasteiger partial charge in [0, 0.05) is 35.5 Å². The van der Waals surface area contributed by atoms with Crippen molar-refractivity contribution < 1.29 is 14.4 Å². The molecule has 0 bridgehead atoms. The second kappa shape index (κ2) is 9.82. The number of hydrogen-bond donors (Lipinski definition) is 2. The Kier molecular flexibility index (Phi) is 6.88. The minimum absolute atomic E-state index is 0.0326. The van der Waals surface area contributed by atoms with Gasteiger partial charge in [-0.15, -0.1) is 0 Å². The maximum atomic E-state index is 13.6. The number of benzene rings is 2. The molecule has 2 saturated heterocycles. The van der Waals surface area contributed by atoms with E-state index in [2.05, 4.69) is 31.5 Å². The Balaban J connectivity index is 1.50. The molecule has 2 fully saturated rings. The van der Waals surface area contributed by atoms with Crippen molar-refractivity contribution in [1.29, 1.82) is 0 Å². The highest BCUT2D eigenvalue weighted by atomic mass is 79.9. The summed E-state index contributed by atoms with van der Waals surface area (Å²) in [5.41, 5.74) is 0.891. The molecule has 1 spiro atoms. The fourth-order valence-corrected chi connectivity index (χ4v) is 5.00. The topological polar surface area (TPSA) is 85.0 Å². The summed E-state index contributed by atoms with van der Waals surface area (Å²) in [5.74, 6) is -0.216. The van der Waals surface area contributed by atoms with Gasteiger partial charge in [-0.25, -0.2) is 4.79 Å². The zero-order valence-corrected chi connectivity index (χ0v) is 20.2. The summed E-state index contributed by atoms with van der Waals surface area (Å²) in [4.78, 5) is 44.1. The van der Waals surface area contributed by atoms with Gasteiger partial charge in [-0.2, -0.15) is 0 Å². The van der Waals surface area contributed by atoms with Crippen LogP contribution >= 0.6 is 15.9 Å². The zero-order valence-electron chi connectivity index (χ0n) is 18.6. The van der Waals surface area contributed by atoms with Gasteiger partial charge in [0.2, 0.25) is 5.91 Å². The number of hydrogen-bond acceptors (Lipinski definition) is 4. The molecule has 2 aromatic rings. The number of nitrogens with zero attached hydrogens (tertiary/aromatic N) is 3. The summed E-state index contributed by atoms with van der Waals surface area (Å²) in [7, 11) is 0. The Morgan fingerprint density at radius 2 is 1.79 bits per heavy atom. The predicted octanol–water partition coefficient (Wildman–Crippen LogP) is 3.26. The van der Waals surface area contributed by atoms with E-state index in [9.17, 15) is 14.4 Å². The van der Waals surface area contributed by atoms with E-state index in [1.54, 1.807) is 9.80 Å². The van der Waals surface area contributed by atoms with Gasteiger partial charge in [0.15, 0.2) is 0 Å². The summed E-state index contributed by atoms with van der Waals surface area (Å²) in [6.45, 7) is 3.66. The molecule has 33 heavy (non-hydrogen) atoms. The van der Waals surface area contributed by atoms with Crippen LogP contribution in [0.5, 0.6) is 0 Å². The third-order valence-electron chi connectivity index (χ3n) is 6.24. The van der Waals surface area contributed by atoms with Gasteiger partial charge in [-0.3, -0.25) is 9.59 Å². The maximum Gasteiger partial charge on any atom is 0.321 e. The van der Waals surface area contributed by atoms with Gasteiger partial charge < -0.3 is 25.3 Å². The first-order valence-corrected chi connectivity index (χ1v) is 11.9. The quantitative estimate of drug-likeness (QED) is 0.642. The molecule has 2 aliphatic heterocycles. The number of nitrogens with one attached hydrogen (secondary N) is 2. The Labute approximate surface area is 202 Å². The lowest BCUT2D eigenvalue weighted by atomic mass is 9.85. The van der Waals surface area contributed by atoms with Gasteiger partial charge in [-0.1, -0.05) is 40.2 Å². The molecule has 174 valence electrons. The van der Waals surface area contributed by atoms with Crippen LogP contribution in [-0.4, -0.2) is 66.0 Å². The lowest BCUT2D eigenvalue weighted by molar-refractivity contribution is -0.137. The number of amides is 4.